The number of aromatic nitrogens is 3. The molecule has 1 fully saturated rings. The number of furan rings is 1. The van der Waals surface area contributed by atoms with E-state index in [1.165, 1.54) is 0 Å². The van der Waals surface area contributed by atoms with Crippen LogP contribution in [0.15, 0.2) is 39.4 Å². The fraction of sp³-hybridized carbons (Fsp3) is 0.389. The minimum absolute atomic E-state index is 0.0577. The van der Waals surface area contributed by atoms with Crippen LogP contribution in [0.25, 0.3) is 5.65 Å². The van der Waals surface area contributed by atoms with E-state index in [2.05, 4.69) is 36.2 Å². The summed E-state index contributed by atoms with van der Waals surface area (Å²) in [6.45, 7) is 5.25. The van der Waals surface area contributed by atoms with Gasteiger partial charge in [0.2, 0.25) is 5.82 Å². The molecule has 1 saturated heterocycles. The summed E-state index contributed by atoms with van der Waals surface area (Å²) in [4.78, 5) is 19.1. The van der Waals surface area contributed by atoms with Crippen molar-refractivity contribution < 1.29 is 13.9 Å². The molecule has 1 aliphatic rings. The van der Waals surface area contributed by atoms with Gasteiger partial charge in [0.15, 0.2) is 5.65 Å². The molecule has 1 aliphatic heterocycles. The molecule has 142 valence electrons. The van der Waals surface area contributed by atoms with Crippen LogP contribution in [0.5, 0.6) is 0 Å². The number of hydrogen-bond acceptors (Lipinski definition) is 6. The molecular formula is C18H20BrN5O3. The largest absolute Gasteiger partial charge is 0.465 e. The second-order valence-corrected chi connectivity index (χ2v) is 7.32. The van der Waals surface area contributed by atoms with Gasteiger partial charge >= 0.3 is 0 Å². The molecule has 4 rings (SSSR count). The molecule has 4 heterocycles. The first-order valence-corrected chi connectivity index (χ1v) is 9.58. The molecule has 1 amide bonds. The molecule has 0 aliphatic carbocycles. The smallest absolute Gasteiger partial charge is 0.291 e. The number of amides is 1. The predicted molar refractivity (Wildman–Crippen MR) is 102 cm³/mol. The standard InChI is InChI=1S/C18H20BrN5O3/c1-12-2-4-15(27-12)14(23-6-8-26-9-7-23)10-20-18(25)17-21-16-5-3-13(19)11-24(16)22-17/h2-5,11,14H,6-10H2,1H3,(H,20,25)/t14-/m1/s1. The molecule has 1 N–H and O–H groups in total. The van der Waals surface area contributed by atoms with Crippen molar-refractivity contribution in [2.75, 3.05) is 32.8 Å². The first kappa shape index (κ1) is 18.1. The van der Waals surface area contributed by atoms with Gasteiger partial charge in [0, 0.05) is 30.3 Å². The summed E-state index contributed by atoms with van der Waals surface area (Å²) in [6.07, 6.45) is 1.77. The highest BCUT2D eigenvalue weighted by Gasteiger charge is 2.26. The van der Waals surface area contributed by atoms with Crippen LogP contribution in [0.4, 0.5) is 0 Å². The lowest BCUT2D eigenvalue weighted by Gasteiger charge is -2.33. The second-order valence-electron chi connectivity index (χ2n) is 6.41. The van der Waals surface area contributed by atoms with E-state index in [1.54, 1.807) is 16.8 Å². The van der Waals surface area contributed by atoms with Crippen molar-refractivity contribution in [2.45, 2.75) is 13.0 Å². The average molecular weight is 434 g/mol. The Labute approximate surface area is 164 Å². The monoisotopic (exact) mass is 433 g/mol. The van der Waals surface area contributed by atoms with E-state index in [9.17, 15) is 4.79 Å². The SMILES string of the molecule is Cc1ccc([C@@H](CNC(=O)c2nc3ccc(Br)cn3n2)N2CCOCC2)o1. The van der Waals surface area contributed by atoms with E-state index < -0.39 is 0 Å². The Morgan fingerprint density at radius 1 is 1.30 bits per heavy atom. The van der Waals surface area contributed by atoms with Gasteiger partial charge in [-0.3, -0.25) is 9.69 Å². The van der Waals surface area contributed by atoms with Gasteiger partial charge in [0.05, 0.1) is 19.3 Å². The van der Waals surface area contributed by atoms with Crippen molar-refractivity contribution in [3.63, 3.8) is 0 Å². The van der Waals surface area contributed by atoms with Crippen LogP contribution in [0, 0.1) is 6.92 Å². The summed E-state index contributed by atoms with van der Waals surface area (Å²) in [5, 5.41) is 7.20. The fourth-order valence-electron chi connectivity index (χ4n) is 3.15. The fourth-order valence-corrected chi connectivity index (χ4v) is 3.48. The number of pyridine rings is 1. The van der Waals surface area contributed by atoms with Crippen LogP contribution in [0.3, 0.4) is 0 Å². The minimum Gasteiger partial charge on any atom is -0.465 e. The van der Waals surface area contributed by atoms with Crippen molar-refractivity contribution >= 4 is 27.5 Å². The Bertz CT molecular complexity index is 948. The molecule has 27 heavy (non-hydrogen) atoms. The van der Waals surface area contributed by atoms with E-state index in [-0.39, 0.29) is 17.8 Å². The van der Waals surface area contributed by atoms with Crippen LogP contribution < -0.4 is 5.32 Å². The van der Waals surface area contributed by atoms with E-state index in [4.69, 9.17) is 9.15 Å². The van der Waals surface area contributed by atoms with Crippen molar-refractivity contribution in [1.82, 2.24) is 24.8 Å². The highest BCUT2D eigenvalue weighted by atomic mass is 79.9. The number of hydrogen-bond donors (Lipinski definition) is 1. The molecule has 3 aromatic heterocycles. The first-order chi connectivity index (χ1) is 13.1. The zero-order valence-electron chi connectivity index (χ0n) is 14.9. The number of carbonyl (C=O) groups is 1. The number of ether oxygens (including phenoxy) is 1. The van der Waals surface area contributed by atoms with Gasteiger partial charge in [-0.05, 0) is 47.1 Å². The molecular weight excluding hydrogens is 414 g/mol. The molecule has 1 atom stereocenters. The summed E-state index contributed by atoms with van der Waals surface area (Å²) in [5.41, 5.74) is 0.620. The predicted octanol–water partition coefficient (Wildman–Crippen LogP) is 2.20. The minimum atomic E-state index is -0.309. The second kappa shape index (κ2) is 7.79. The lowest BCUT2D eigenvalue weighted by Crippen LogP contribution is -2.43. The number of rotatable bonds is 5. The molecule has 9 heteroatoms. The Kier molecular flexibility index (Phi) is 5.24. The molecule has 0 aromatic carbocycles. The van der Waals surface area contributed by atoms with Crippen molar-refractivity contribution in [2.24, 2.45) is 0 Å². The lowest BCUT2D eigenvalue weighted by molar-refractivity contribution is 0.0116. The number of morpholine rings is 1. The molecule has 3 aromatic rings. The van der Waals surface area contributed by atoms with Crippen molar-refractivity contribution in [3.05, 3.63) is 52.3 Å². The quantitative estimate of drug-likeness (QED) is 0.663. The summed E-state index contributed by atoms with van der Waals surface area (Å²) >= 11 is 3.39. The highest BCUT2D eigenvalue weighted by Crippen LogP contribution is 2.23. The van der Waals surface area contributed by atoms with Crippen LogP contribution >= 0.6 is 15.9 Å². The number of aryl methyl sites for hydroxylation is 1. The third kappa shape index (κ3) is 4.05. The average Bonchev–Trinajstić information content (AvgIpc) is 3.28. The van der Waals surface area contributed by atoms with Gasteiger partial charge in [0.25, 0.3) is 5.91 Å². The third-order valence-electron chi connectivity index (χ3n) is 4.53. The van der Waals surface area contributed by atoms with E-state index >= 15 is 0 Å². The zero-order chi connectivity index (χ0) is 18.8. The zero-order valence-corrected chi connectivity index (χ0v) is 16.5. The van der Waals surface area contributed by atoms with Crippen LogP contribution in [0.2, 0.25) is 0 Å². The van der Waals surface area contributed by atoms with E-state index in [1.807, 2.05) is 25.1 Å². The van der Waals surface area contributed by atoms with Gasteiger partial charge in [-0.25, -0.2) is 9.50 Å². The summed E-state index contributed by atoms with van der Waals surface area (Å²) < 4.78 is 13.7. The molecule has 0 bridgehead atoms. The maximum absolute atomic E-state index is 12.6. The Morgan fingerprint density at radius 3 is 2.85 bits per heavy atom. The van der Waals surface area contributed by atoms with Gasteiger partial charge in [0.1, 0.15) is 11.5 Å². The molecule has 0 radical (unpaired) electrons. The van der Waals surface area contributed by atoms with Crippen LogP contribution in [-0.4, -0.2) is 58.3 Å². The van der Waals surface area contributed by atoms with Crippen molar-refractivity contribution in [3.8, 4) is 0 Å². The van der Waals surface area contributed by atoms with Gasteiger partial charge in [-0.1, -0.05) is 0 Å². The maximum atomic E-state index is 12.6. The van der Waals surface area contributed by atoms with Gasteiger partial charge in [-0.2, -0.15) is 0 Å². The number of halogens is 1. The first-order valence-electron chi connectivity index (χ1n) is 8.78. The Hall–Kier alpha value is -2.23. The molecule has 0 spiro atoms. The topological polar surface area (TPSA) is 84.9 Å². The highest BCUT2D eigenvalue weighted by molar-refractivity contribution is 9.10. The van der Waals surface area contributed by atoms with E-state index in [0.717, 1.165) is 29.1 Å². The summed E-state index contributed by atoms with van der Waals surface area (Å²) in [6, 6.07) is 7.50. The third-order valence-corrected chi connectivity index (χ3v) is 5.00. The van der Waals surface area contributed by atoms with Gasteiger partial charge in [-0.15, -0.1) is 5.10 Å². The number of carbonyl (C=O) groups excluding carboxylic acids is 1. The van der Waals surface area contributed by atoms with Gasteiger partial charge < -0.3 is 14.5 Å². The molecule has 8 nitrogen and oxygen atoms in total. The lowest BCUT2D eigenvalue weighted by atomic mass is 10.1. The van der Waals surface area contributed by atoms with E-state index in [0.29, 0.717) is 25.4 Å². The maximum Gasteiger partial charge on any atom is 0.291 e. The Morgan fingerprint density at radius 2 is 2.11 bits per heavy atom. The van der Waals surface area contributed by atoms with Crippen LogP contribution in [-0.2, 0) is 4.74 Å². The van der Waals surface area contributed by atoms with Crippen LogP contribution in [0.1, 0.15) is 28.2 Å². The normalized spacial score (nSPS) is 16.5. The summed E-state index contributed by atoms with van der Waals surface area (Å²) in [5.74, 6) is 1.52. The number of fused-ring (bicyclic) bond motifs is 1. The summed E-state index contributed by atoms with van der Waals surface area (Å²) in [7, 11) is 0. The Balaban J connectivity index is 1.49. The number of nitrogens with zero attached hydrogens (tertiary/aromatic N) is 4. The number of nitrogens with one attached hydrogen (secondary N) is 1. The van der Waals surface area contributed by atoms with Crippen molar-refractivity contribution in [1.29, 1.82) is 0 Å². The molecule has 0 saturated carbocycles. The molecule has 0 unspecified atom stereocenters.